The van der Waals surface area contributed by atoms with E-state index in [2.05, 4.69) is 36.4 Å². The molecule has 0 aromatic heterocycles. The first-order valence-corrected chi connectivity index (χ1v) is 15.3. The summed E-state index contributed by atoms with van der Waals surface area (Å²) in [6, 6.07) is 26.8. The standard InChI is InChI=1S/C30H35NO3S3/c1-32-24-13-17-26(18-14-24)35-30(36-27-19-15-25(33-2)16-20-27)21-29(31-37-28-11-7-4-8-12-28)34-22-23-9-5-3-6-10-23/h4,7-8,11-20,23,30H,3,5-6,9-10,21-22H2,1-2H3/b31-29-. The van der Waals surface area contributed by atoms with Crippen LogP contribution < -0.4 is 9.47 Å². The Labute approximate surface area is 234 Å². The van der Waals surface area contributed by atoms with Gasteiger partial charge in [0.05, 0.1) is 25.4 Å². The molecule has 1 saturated carbocycles. The predicted molar refractivity (Wildman–Crippen MR) is 158 cm³/mol. The van der Waals surface area contributed by atoms with E-state index in [9.17, 15) is 0 Å². The van der Waals surface area contributed by atoms with Gasteiger partial charge in [-0.05, 0) is 79.4 Å². The molecular weight excluding hydrogens is 519 g/mol. The fourth-order valence-electron chi connectivity index (χ4n) is 4.14. The Morgan fingerprint density at radius 1 is 0.757 bits per heavy atom. The summed E-state index contributed by atoms with van der Waals surface area (Å²) in [5.41, 5.74) is 0. The molecule has 7 heteroatoms. The van der Waals surface area contributed by atoms with Crippen LogP contribution in [0.15, 0.2) is 97.9 Å². The fraction of sp³-hybridized carbons (Fsp3) is 0.367. The van der Waals surface area contributed by atoms with Crippen molar-refractivity contribution in [3.63, 3.8) is 0 Å². The summed E-state index contributed by atoms with van der Waals surface area (Å²) in [6.45, 7) is 0.751. The topological polar surface area (TPSA) is 40.0 Å². The van der Waals surface area contributed by atoms with Gasteiger partial charge in [-0.1, -0.05) is 37.5 Å². The second-order valence-electron chi connectivity index (χ2n) is 8.92. The van der Waals surface area contributed by atoms with Crippen LogP contribution >= 0.6 is 35.5 Å². The number of nitrogens with zero attached hydrogens (tertiary/aromatic N) is 1. The molecule has 1 fully saturated rings. The quantitative estimate of drug-likeness (QED) is 0.0733. The normalized spacial score (nSPS) is 14.5. The van der Waals surface area contributed by atoms with Gasteiger partial charge in [-0.2, -0.15) is 4.40 Å². The smallest absolute Gasteiger partial charge is 0.197 e. The SMILES string of the molecule is COc1ccc(SC(C/C(=N/Sc2ccccc2)OCC2CCCCC2)Sc2ccc(OC)cc2)cc1. The molecule has 0 aliphatic heterocycles. The van der Waals surface area contributed by atoms with Crippen molar-refractivity contribution in [3.8, 4) is 11.5 Å². The molecule has 0 unspecified atom stereocenters. The summed E-state index contributed by atoms with van der Waals surface area (Å²) in [6.07, 6.45) is 7.19. The molecule has 0 spiro atoms. The molecule has 0 radical (unpaired) electrons. The third-order valence-corrected chi connectivity index (χ3v) is 9.50. The highest BCUT2D eigenvalue weighted by Gasteiger charge is 2.20. The fourth-order valence-corrected chi connectivity index (χ4v) is 7.26. The molecule has 0 amide bonds. The number of benzene rings is 3. The molecule has 196 valence electrons. The maximum Gasteiger partial charge on any atom is 0.197 e. The Bertz CT molecular complexity index is 1040. The molecule has 3 aromatic rings. The lowest BCUT2D eigenvalue weighted by atomic mass is 9.90. The second-order valence-corrected chi connectivity index (χ2v) is 12.6. The van der Waals surface area contributed by atoms with E-state index in [0.29, 0.717) is 5.92 Å². The largest absolute Gasteiger partial charge is 0.497 e. The Hall–Kier alpha value is -2.22. The van der Waals surface area contributed by atoms with Crippen LogP contribution in [0.4, 0.5) is 0 Å². The molecule has 0 atom stereocenters. The second kappa shape index (κ2) is 15.3. The van der Waals surface area contributed by atoms with E-state index in [4.69, 9.17) is 18.6 Å². The van der Waals surface area contributed by atoms with E-state index in [-0.39, 0.29) is 4.58 Å². The van der Waals surface area contributed by atoms with Gasteiger partial charge in [-0.25, -0.2) is 0 Å². The summed E-state index contributed by atoms with van der Waals surface area (Å²) < 4.78 is 22.2. The zero-order valence-electron chi connectivity index (χ0n) is 21.5. The zero-order valence-corrected chi connectivity index (χ0v) is 24.0. The van der Waals surface area contributed by atoms with Gasteiger partial charge >= 0.3 is 0 Å². The monoisotopic (exact) mass is 553 g/mol. The van der Waals surface area contributed by atoms with Gasteiger partial charge in [0.25, 0.3) is 0 Å². The minimum Gasteiger partial charge on any atom is -0.497 e. The molecule has 1 aliphatic carbocycles. The first-order chi connectivity index (χ1) is 18.2. The maximum absolute atomic E-state index is 6.44. The molecular formula is C30H35NO3S3. The third-order valence-electron chi connectivity index (χ3n) is 6.20. The van der Waals surface area contributed by atoms with E-state index in [1.54, 1.807) is 14.2 Å². The van der Waals surface area contributed by atoms with Crippen LogP contribution in [0.2, 0.25) is 0 Å². The van der Waals surface area contributed by atoms with Gasteiger partial charge < -0.3 is 14.2 Å². The van der Waals surface area contributed by atoms with Crippen molar-refractivity contribution in [2.24, 2.45) is 10.3 Å². The number of hydrogen-bond donors (Lipinski definition) is 0. The molecule has 37 heavy (non-hydrogen) atoms. The molecule has 0 heterocycles. The van der Waals surface area contributed by atoms with Crippen LogP contribution in [0.3, 0.4) is 0 Å². The highest BCUT2D eigenvalue weighted by atomic mass is 32.2. The van der Waals surface area contributed by atoms with Gasteiger partial charge in [0.2, 0.25) is 0 Å². The minimum atomic E-state index is 0.184. The summed E-state index contributed by atoms with van der Waals surface area (Å²) in [5, 5.41) is 0. The molecule has 3 aromatic carbocycles. The van der Waals surface area contributed by atoms with Crippen molar-refractivity contribution >= 4 is 41.4 Å². The van der Waals surface area contributed by atoms with E-state index in [1.807, 2.05) is 66.0 Å². The van der Waals surface area contributed by atoms with Crippen molar-refractivity contribution in [1.82, 2.24) is 0 Å². The Morgan fingerprint density at radius 3 is 1.86 bits per heavy atom. The summed E-state index contributed by atoms with van der Waals surface area (Å²) in [4.78, 5) is 3.49. The van der Waals surface area contributed by atoms with Crippen LogP contribution in [-0.2, 0) is 4.74 Å². The molecule has 4 nitrogen and oxygen atoms in total. The van der Waals surface area contributed by atoms with Crippen molar-refractivity contribution in [2.45, 2.75) is 57.8 Å². The highest BCUT2D eigenvalue weighted by molar-refractivity contribution is 8.17. The number of hydrogen-bond acceptors (Lipinski definition) is 7. The van der Waals surface area contributed by atoms with Gasteiger partial charge in [0.1, 0.15) is 11.5 Å². The number of rotatable bonds is 12. The summed E-state index contributed by atoms with van der Waals surface area (Å²) in [5.74, 6) is 3.16. The number of ether oxygens (including phenoxy) is 3. The average molecular weight is 554 g/mol. The van der Waals surface area contributed by atoms with Crippen LogP contribution in [0, 0.1) is 5.92 Å². The molecule has 0 bridgehead atoms. The number of thioether (sulfide) groups is 2. The predicted octanol–water partition coefficient (Wildman–Crippen LogP) is 9.01. The van der Waals surface area contributed by atoms with Gasteiger partial charge in [0.15, 0.2) is 5.90 Å². The first kappa shape index (κ1) is 27.8. The Kier molecular flexibility index (Phi) is 11.5. The van der Waals surface area contributed by atoms with Crippen molar-refractivity contribution in [2.75, 3.05) is 20.8 Å². The lowest BCUT2D eigenvalue weighted by molar-refractivity contribution is 0.196. The summed E-state index contributed by atoms with van der Waals surface area (Å²) >= 11 is 5.15. The van der Waals surface area contributed by atoms with Crippen molar-refractivity contribution < 1.29 is 14.2 Å². The highest BCUT2D eigenvalue weighted by Crippen LogP contribution is 2.39. The van der Waals surface area contributed by atoms with Crippen LogP contribution in [0.1, 0.15) is 38.5 Å². The van der Waals surface area contributed by atoms with Crippen molar-refractivity contribution in [1.29, 1.82) is 0 Å². The number of methoxy groups -OCH3 is 2. The van der Waals surface area contributed by atoms with Gasteiger partial charge in [0, 0.05) is 33.1 Å². The van der Waals surface area contributed by atoms with Gasteiger partial charge in [-0.3, -0.25) is 0 Å². The van der Waals surface area contributed by atoms with E-state index < -0.39 is 0 Å². The molecule has 1 aliphatic rings. The lowest BCUT2D eigenvalue weighted by Crippen LogP contribution is -2.18. The van der Waals surface area contributed by atoms with E-state index >= 15 is 0 Å². The third kappa shape index (κ3) is 9.55. The van der Waals surface area contributed by atoms with Gasteiger partial charge in [-0.15, -0.1) is 23.5 Å². The maximum atomic E-state index is 6.44. The molecule has 0 saturated heterocycles. The van der Waals surface area contributed by atoms with E-state index in [0.717, 1.165) is 35.3 Å². The Morgan fingerprint density at radius 2 is 1.32 bits per heavy atom. The van der Waals surface area contributed by atoms with Crippen LogP contribution in [-0.4, -0.2) is 31.3 Å². The molecule has 4 rings (SSSR count). The van der Waals surface area contributed by atoms with E-state index in [1.165, 1.54) is 53.8 Å². The average Bonchev–Trinajstić information content (AvgIpc) is 2.96. The first-order valence-electron chi connectivity index (χ1n) is 12.7. The summed E-state index contributed by atoms with van der Waals surface area (Å²) in [7, 11) is 3.39. The Balaban J connectivity index is 1.51. The van der Waals surface area contributed by atoms with Crippen LogP contribution in [0.25, 0.3) is 0 Å². The van der Waals surface area contributed by atoms with Crippen LogP contribution in [0.5, 0.6) is 11.5 Å². The zero-order chi connectivity index (χ0) is 25.7. The minimum absolute atomic E-state index is 0.184. The lowest BCUT2D eigenvalue weighted by Gasteiger charge is -2.23. The van der Waals surface area contributed by atoms with Crippen molar-refractivity contribution in [3.05, 3.63) is 78.9 Å². The molecule has 0 N–H and O–H groups in total.